The number of halogens is 4. The lowest BCUT2D eigenvalue weighted by Crippen LogP contribution is -2.69. The summed E-state index contributed by atoms with van der Waals surface area (Å²) in [6.45, 7) is 0.0795. The first-order chi connectivity index (χ1) is 18.3. The predicted molar refractivity (Wildman–Crippen MR) is 138 cm³/mol. The van der Waals surface area contributed by atoms with Crippen LogP contribution in [-0.4, -0.2) is 74.4 Å². The van der Waals surface area contributed by atoms with Gasteiger partial charge in [0.2, 0.25) is 32.7 Å². The van der Waals surface area contributed by atoms with Crippen LogP contribution in [0.2, 0.25) is 5.02 Å². The number of nitrogens with one attached hydrogen (secondary N) is 3. The first-order valence-corrected chi connectivity index (χ1v) is 14.9. The lowest BCUT2D eigenvalue weighted by molar-refractivity contribution is -0.193. The molecule has 5 rings (SSSR count). The van der Waals surface area contributed by atoms with Crippen molar-refractivity contribution in [3.05, 3.63) is 40.5 Å². The average molecular weight is 591 g/mol. The summed E-state index contributed by atoms with van der Waals surface area (Å²) in [5, 5.41) is 6.88. The number of alkyl halides is 2. The van der Waals surface area contributed by atoms with Crippen LogP contribution in [-0.2, 0) is 24.2 Å². The fourth-order valence-electron chi connectivity index (χ4n) is 5.63. The van der Waals surface area contributed by atoms with E-state index >= 15 is 0 Å². The van der Waals surface area contributed by atoms with E-state index in [4.69, 9.17) is 11.6 Å². The van der Waals surface area contributed by atoms with E-state index in [0.717, 1.165) is 4.90 Å². The largest absolute Gasteiger partial charge is 0.376 e. The van der Waals surface area contributed by atoms with Crippen LogP contribution in [0.1, 0.15) is 32.1 Å². The third-order valence-corrected chi connectivity index (χ3v) is 8.56. The third-order valence-electron chi connectivity index (χ3n) is 7.48. The molecule has 1 saturated carbocycles. The van der Waals surface area contributed by atoms with Crippen molar-refractivity contribution in [2.45, 2.75) is 56.2 Å². The number of fused-ring (bicyclic) bond motifs is 3. The molecule has 1 aliphatic carbocycles. The van der Waals surface area contributed by atoms with Gasteiger partial charge in [-0.25, -0.2) is 17.2 Å². The molecule has 9 nitrogen and oxygen atoms in total. The highest BCUT2D eigenvalue weighted by Gasteiger charge is 2.60. The Bertz CT molecular complexity index is 1280. The van der Waals surface area contributed by atoms with Crippen molar-refractivity contribution in [1.82, 2.24) is 15.5 Å². The van der Waals surface area contributed by atoms with Crippen molar-refractivity contribution in [3.8, 4) is 0 Å². The van der Waals surface area contributed by atoms with E-state index < -0.39 is 69.1 Å². The second-order valence-electron chi connectivity index (χ2n) is 10.3. The number of anilines is 1. The molecule has 4 aliphatic rings. The minimum absolute atomic E-state index is 0.00446. The summed E-state index contributed by atoms with van der Waals surface area (Å²) in [6, 6.07) is 2.84. The zero-order valence-corrected chi connectivity index (χ0v) is 22.7. The number of piperidine rings is 2. The molecule has 3 amide bonds. The number of nitrogens with zero attached hydrogens (tertiary/aromatic N) is 1. The molecular formula is C25H30ClF3N4O5S. The van der Waals surface area contributed by atoms with Crippen molar-refractivity contribution in [3.63, 3.8) is 0 Å². The number of carbonyl (C=O) groups excluding carboxylic acids is 3. The first-order valence-electron chi connectivity index (χ1n) is 12.6. The van der Waals surface area contributed by atoms with Crippen LogP contribution in [0.3, 0.4) is 0 Å². The molecular weight excluding hydrogens is 561 g/mol. The topological polar surface area (TPSA) is 125 Å². The van der Waals surface area contributed by atoms with Crippen molar-refractivity contribution >= 4 is 44.8 Å². The van der Waals surface area contributed by atoms with Crippen molar-refractivity contribution < 1.29 is 36.0 Å². The first kappa shape index (κ1) is 29.2. The third kappa shape index (κ3) is 6.68. The smallest absolute Gasteiger partial charge is 0.255 e. The standard InChI is InChI=1S/C25H30ClF3N4O5S/c1-39(37,38)20(27)11-17(9-14-7-8-30-23(14)35)32-24(36)22-19-6-5-18(12-25(19,28)29)33(22)21(34)13-31-16-4-2-3-15(26)10-16/h2-4,10-11,14,17-19,22,31H,5-9,12-13H2,1H3,(H,30,35)(H,32,36)/b20-11+/t14-,17-,18-,19-,22-/m0/s1. The normalized spacial score (nSPS) is 27.2. The van der Waals surface area contributed by atoms with Gasteiger partial charge in [0.25, 0.3) is 5.92 Å². The van der Waals surface area contributed by atoms with E-state index in [1.807, 2.05) is 0 Å². The number of sulfone groups is 1. The Morgan fingerprint density at radius 3 is 2.64 bits per heavy atom. The molecule has 0 aromatic heterocycles. The summed E-state index contributed by atoms with van der Waals surface area (Å²) < 4.78 is 67.7. The van der Waals surface area contributed by atoms with Gasteiger partial charge in [-0.05, 0) is 50.0 Å². The number of hydrogen-bond acceptors (Lipinski definition) is 6. The molecule has 3 heterocycles. The molecule has 1 aromatic carbocycles. The van der Waals surface area contributed by atoms with Crippen LogP contribution in [0.5, 0.6) is 0 Å². The maximum Gasteiger partial charge on any atom is 0.255 e. The van der Waals surface area contributed by atoms with Crippen molar-refractivity contribution in [2.75, 3.05) is 24.7 Å². The van der Waals surface area contributed by atoms with Gasteiger partial charge in [0.15, 0.2) is 0 Å². The average Bonchev–Trinajstić information content (AvgIpc) is 3.25. The van der Waals surface area contributed by atoms with Crippen LogP contribution in [0, 0.1) is 11.8 Å². The van der Waals surface area contributed by atoms with Crippen LogP contribution in [0.25, 0.3) is 0 Å². The van der Waals surface area contributed by atoms with Gasteiger partial charge in [0.05, 0.1) is 18.5 Å². The maximum atomic E-state index is 15.0. The lowest BCUT2D eigenvalue weighted by Gasteiger charge is -2.53. The summed E-state index contributed by atoms with van der Waals surface area (Å²) in [5.74, 6) is -7.20. The van der Waals surface area contributed by atoms with E-state index in [1.165, 1.54) is 0 Å². The quantitative estimate of drug-likeness (QED) is 0.406. The Morgan fingerprint density at radius 2 is 2.03 bits per heavy atom. The fraction of sp³-hybridized carbons (Fsp3) is 0.560. The summed E-state index contributed by atoms with van der Waals surface area (Å²) in [4.78, 5) is 40.1. The van der Waals surface area contributed by atoms with E-state index in [0.29, 0.717) is 42.4 Å². The molecule has 14 heteroatoms. The summed E-state index contributed by atoms with van der Waals surface area (Å²) in [5.41, 5.74) is 0.528. The van der Waals surface area contributed by atoms with Gasteiger partial charge < -0.3 is 20.9 Å². The number of hydrogen-bond donors (Lipinski definition) is 3. The van der Waals surface area contributed by atoms with E-state index in [1.54, 1.807) is 24.3 Å². The number of amides is 3. The molecule has 0 radical (unpaired) electrons. The highest BCUT2D eigenvalue weighted by Crippen LogP contribution is 2.49. The van der Waals surface area contributed by atoms with Gasteiger partial charge in [0, 0.05) is 41.9 Å². The number of benzene rings is 1. The molecule has 214 valence electrons. The zero-order chi connectivity index (χ0) is 28.5. The van der Waals surface area contributed by atoms with Crippen LogP contribution < -0.4 is 16.0 Å². The number of rotatable bonds is 9. The Morgan fingerprint density at radius 1 is 1.28 bits per heavy atom. The minimum Gasteiger partial charge on any atom is -0.376 e. The molecule has 39 heavy (non-hydrogen) atoms. The Balaban J connectivity index is 1.58. The Labute approximate surface area is 229 Å². The SMILES string of the molecule is CS(=O)(=O)/C(F)=C/[C@H](C[C@@H]1CCNC1=O)NC(=O)[C@@H]1[C@@H]2CC[C@@H](CC2(F)F)N1C(=O)CNc1cccc(Cl)c1. The molecule has 3 aliphatic heterocycles. The lowest BCUT2D eigenvalue weighted by atomic mass is 9.71. The molecule has 3 saturated heterocycles. The van der Waals surface area contributed by atoms with Gasteiger partial charge >= 0.3 is 0 Å². The summed E-state index contributed by atoms with van der Waals surface area (Å²) in [7, 11) is -4.25. The van der Waals surface area contributed by atoms with E-state index in [9.17, 15) is 36.0 Å². The predicted octanol–water partition coefficient (Wildman–Crippen LogP) is 2.63. The maximum absolute atomic E-state index is 15.0. The fourth-order valence-corrected chi connectivity index (χ4v) is 6.23. The van der Waals surface area contributed by atoms with Gasteiger partial charge in [-0.15, -0.1) is 0 Å². The number of carbonyl (C=O) groups is 3. The summed E-state index contributed by atoms with van der Waals surface area (Å²) >= 11 is 5.97. The second-order valence-corrected chi connectivity index (χ2v) is 12.7. The van der Waals surface area contributed by atoms with Crippen molar-refractivity contribution in [2.24, 2.45) is 11.8 Å². The molecule has 2 bridgehead atoms. The van der Waals surface area contributed by atoms with Gasteiger partial charge in [-0.1, -0.05) is 17.7 Å². The minimum atomic E-state index is -4.25. The van der Waals surface area contributed by atoms with Gasteiger partial charge in [-0.2, -0.15) is 4.39 Å². The van der Waals surface area contributed by atoms with E-state index in [-0.39, 0.29) is 25.3 Å². The highest BCUT2D eigenvalue weighted by atomic mass is 35.5. The molecule has 5 atom stereocenters. The monoisotopic (exact) mass is 590 g/mol. The van der Waals surface area contributed by atoms with Crippen LogP contribution in [0.4, 0.5) is 18.9 Å². The van der Waals surface area contributed by atoms with Crippen molar-refractivity contribution in [1.29, 1.82) is 0 Å². The van der Waals surface area contributed by atoms with Crippen LogP contribution in [0.15, 0.2) is 35.5 Å². The van der Waals surface area contributed by atoms with E-state index in [2.05, 4.69) is 16.0 Å². The van der Waals surface area contributed by atoms with Crippen LogP contribution >= 0.6 is 11.6 Å². The highest BCUT2D eigenvalue weighted by molar-refractivity contribution is 7.94. The molecule has 4 fully saturated rings. The molecule has 0 unspecified atom stereocenters. The Kier molecular flexibility index (Phi) is 8.50. The second kappa shape index (κ2) is 11.4. The Hall–Kier alpha value is -2.80. The van der Waals surface area contributed by atoms with Gasteiger partial charge in [-0.3, -0.25) is 14.4 Å². The van der Waals surface area contributed by atoms with Gasteiger partial charge in [0.1, 0.15) is 6.04 Å². The zero-order valence-electron chi connectivity index (χ0n) is 21.1. The molecule has 0 spiro atoms. The summed E-state index contributed by atoms with van der Waals surface area (Å²) in [6.07, 6.45) is 1.27. The molecule has 3 N–H and O–H groups in total. The molecule has 1 aromatic rings.